The summed E-state index contributed by atoms with van der Waals surface area (Å²) in [5.41, 5.74) is 4.56. The topological polar surface area (TPSA) is 92.5 Å². The second-order valence-corrected chi connectivity index (χ2v) is 7.94. The minimum atomic E-state index is -0.232. The van der Waals surface area contributed by atoms with E-state index in [-0.39, 0.29) is 24.1 Å². The van der Waals surface area contributed by atoms with Crippen molar-refractivity contribution < 1.29 is 9.59 Å². The quantitative estimate of drug-likeness (QED) is 0.626. The predicted molar refractivity (Wildman–Crippen MR) is 113 cm³/mol. The highest BCUT2D eigenvalue weighted by Gasteiger charge is 2.16. The molecule has 0 bridgehead atoms. The van der Waals surface area contributed by atoms with Crippen LogP contribution in [0.2, 0.25) is 0 Å². The van der Waals surface area contributed by atoms with Crippen molar-refractivity contribution >= 4 is 35.0 Å². The third kappa shape index (κ3) is 4.92. The smallest absolute Gasteiger partial charge is 0.253 e. The van der Waals surface area contributed by atoms with E-state index < -0.39 is 0 Å². The summed E-state index contributed by atoms with van der Waals surface area (Å²) in [5.74, 6) is 0.247. The van der Waals surface area contributed by atoms with Crippen LogP contribution < -0.4 is 5.32 Å². The molecule has 2 amide bonds. The van der Waals surface area contributed by atoms with E-state index in [1.807, 2.05) is 52.0 Å². The van der Waals surface area contributed by atoms with E-state index in [2.05, 4.69) is 20.4 Å². The van der Waals surface area contributed by atoms with Gasteiger partial charge in [0, 0.05) is 24.1 Å². The van der Waals surface area contributed by atoms with Gasteiger partial charge in [-0.2, -0.15) is 4.98 Å². The Bertz CT molecular complexity index is 1060. The summed E-state index contributed by atoms with van der Waals surface area (Å²) in [6, 6.07) is 7.74. The van der Waals surface area contributed by atoms with Gasteiger partial charge in [0.15, 0.2) is 0 Å². The van der Waals surface area contributed by atoms with Crippen LogP contribution in [-0.4, -0.2) is 55.6 Å². The first-order chi connectivity index (χ1) is 13.7. The van der Waals surface area contributed by atoms with Gasteiger partial charge in [-0.15, -0.1) is 5.10 Å². The van der Waals surface area contributed by atoms with Crippen molar-refractivity contribution in [2.24, 2.45) is 0 Å². The van der Waals surface area contributed by atoms with Crippen LogP contribution in [0.15, 0.2) is 29.4 Å². The number of anilines is 1. The number of rotatable bonds is 6. The molecule has 0 aliphatic carbocycles. The molecule has 0 unspecified atom stereocenters. The average Bonchev–Trinajstić information content (AvgIpc) is 3.06. The largest absolute Gasteiger partial charge is 0.336 e. The molecule has 8 nitrogen and oxygen atoms in total. The first-order valence-corrected chi connectivity index (χ1v) is 10.2. The molecule has 0 saturated carbocycles. The van der Waals surface area contributed by atoms with Crippen molar-refractivity contribution in [3.05, 3.63) is 46.8 Å². The van der Waals surface area contributed by atoms with Gasteiger partial charge < -0.3 is 10.2 Å². The lowest BCUT2D eigenvalue weighted by Gasteiger charge is -2.17. The summed E-state index contributed by atoms with van der Waals surface area (Å²) >= 11 is 1.23. The summed E-state index contributed by atoms with van der Waals surface area (Å²) in [5, 5.41) is 7.75. The fourth-order valence-corrected chi connectivity index (χ4v) is 3.70. The van der Waals surface area contributed by atoms with Crippen LogP contribution in [0, 0.1) is 27.7 Å². The molecule has 3 rings (SSSR count). The molecule has 2 aromatic heterocycles. The Kier molecular flexibility index (Phi) is 6.17. The summed E-state index contributed by atoms with van der Waals surface area (Å²) < 4.78 is 1.65. The molecule has 0 radical (unpaired) electrons. The third-order valence-electron chi connectivity index (χ3n) is 4.48. The number of aromatic nitrogens is 4. The molecule has 0 spiro atoms. The van der Waals surface area contributed by atoms with E-state index in [9.17, 15) is 9.59 Å². The monoisotopic (exact) mass is 412 g/mol. The van der Waals surface area contributed by atoms with E-state index in [0.717, 1.165) is 28.2 Å². The zero-order chi connectivity index (χ0) is 21.1. The Labute approximate surface area is 173 Å². The Balaban J connectivity index is 1.56. The highest BCUT2D eigenvalue weighted by molar-refractivity contribution is 7.99. The summed E-state index contributed by atoms with van der Waals surface area (Å²) in [6.07, 6.45) is 0. The van der Waals surface area contributed by atoms with Crippen LogP contribution in [0.5, 0.6) is 0 Å². The van der Waals surface area contributed by atoms with Crippen LogP contribution >= 0.6 is 11.8 Å². The first kappa shape index (κ1) is 20.8. The fourth-order valence-electron chi connectivity index (χ4n) is 2.94. The van der Waals surface area contributed by atoms with Gasteiger partial charge in [0.25, 0.3) is 5.78 Å². The van der Waals surface area contributed by atoms with E-state index in [1.165, 1.54) is 16.7 Å². The zero-order valence-corrected chi connectivity index (χ0v) is 18.0. The van der Waals surface area contributed by atoms with Crippen LogP contribution in [0.4, 0.5) is 5.69 Å². The van der Waals surface area contributed by atoms with Crippen molar-refractivity contribution in [1.29, 1.82) is 0 Å². The molecule has 1 N–H and O–H groups in total. The molecule has 0 fully saturated rings. The first-order valence-electron chi connectivity index (χ1n) is 9.18. The normalized spacial score (nSPS) is 10.9. The molecule has 0 saturated heterocycles. The average molecular weight is 413 g/mol. The number of carbonyl (C=O) groups excluding carboxylic acids is 2. The molecular weight excluding hydrogens is 388 g/mol. The number of nitrogens with one attached hydrogen (secondary N) is 1. The standard InChI is InChI=1S/C20H24N6O2S/c1-12-7-6-8-13(2)18(12)22-16(27)10-25(5)17(28)11-29-20-23-19-21-14(3)9-15(4)26(19)24-20/h6-9H,10-11H2,1-5H3,(H,22,27). The van der Waals surface area contributed by atoms with Gasteiger partial charge in [-0.05, 0) is 44.9 Å². The van der Waals surface area contributed by atoms with Crippen LogP contribution in [0.25, 0.3) is 5.78 Å². The van der Waals surface area contributed by atoms with E-state index in [4.69, 9.17) is 0 Å². The molecule has 29 heavy (non-hydrogen) atoms. The zero-order valence-electron chi connectivity index (χ0n) is 17.2. The Morgan fingerprint density at radius 2 is 1.83 bits per heavy atom. The Morgan fingerprint density at radius 3 is 2.52 bits per heavy atom. The van der Waals surface area contributed by atoms with Crippen molar-refractivity contribution in [2.75, 3.05) is 24.7 Å². The van der Waals surface area contributed by atoms with E-state index in [1.54, 1.807) is 11.6 Å². The van der Waals surface area contributed by atoms with Crippen LogP contribution in [-0.2, 0) is 9.59 Å². The second kappa shape index (κ2) is 8.60. The third-order valence-corrected chi connectivity index (χ3v) is 5.30. The van der Waals surface area contributed by atoms with Gasteiger partial charge in [-0.3, -0.25) is 9.59 Å². The van der Waals surface area contributed by atoms with Gasteiger partial charge in [-0.1, -0.05) is 30.0 Å². The lowest BCUT2D eigenvalue weighted by atomic mass is 10.1. The molecule has 3 aromatic rings. The minimum absolute atomic E-state index is 0.0222. The van der Waals surface area contributed by atoms with Gasteiger partial charge in [-0.25, -0.2) is 9.50 Å². The molecule has 1 aromatic carbocycles. The number of likely N-dealkylation sites (N-methyl/N-ethyl adjacent to an activating group) is 1. The number of fused-ring (bicyclic) bond motifs is 1. The number of benzene rings is 1. The highest BCUT2D eigenvalue weighted by atomic mass is 32.2. The molecule has 2 heterocycles. The number of hydrogen-bond acceptors (Lipinski definition) is 6. The maximum absolute atomic E-state index is 12.4. The lowest BCUT2D eigenvalue weighted by Crippen LogP contribution is -2.36. The van der Waals surface area contributed by atoms with Gasteiger partial charge in [0.05, 0.1) is 12.3 Å². The fraction of sp³-hybridized carbons (Fsp3) is 0.350. The van der Waals surface area contributed by atoms with Gasteiger partial charge in [0.2, 0.25) is 17.0 Å². The van der Waals surface area contributed by atoms with Crippen molar-refractivity contribution in [2.45, 2.75) is 32.9 Å². The van der Waals surface area contributed by atoms with Crippen LogP contribution in [0.1, 0.15) is 22.5 Å². The highest BCUT2D eigenvalue weighted by Crippen LogP contribution is 2.19. The number of amides is 2. The molecular formula is C20H24N6O2S. The van der Waals surface area contributed by atoms with E-state index >= 15 is 0 Å². The summed E-state index contributed by atoms with van der Waals surface area (Å²) in [7, 11) is 1.61. The molecule has 0 aliphatic heterocycles. The molecule has 152 valence electrons. The maximum atomic E-state index is 12.4. The number of hydrogen-bond donors (Lipinski definition) is 1. The van der Waals surface area contributed by atoms with Crippen molar-refractivity contribution in [1.82, 2.24) is 24.5 Å². The van der Waals surface area contributed by atoms with Gasteiger partial charge >= 0.3 is 0 Å². The molecule has 9 heteroatoms. The van der Waals surface area contributed by atoms with Crippen LogP contribution in [0.3, 0.4) is 0 Å². The number of aryl methyl sites for hydroxylation is 4. The van der Waals surface area contributed by atoms with Crippen molar-refractivity contribution in [3.63, 3.8) is 0 Å². The maximum Gasteiger partial charge on any atom is 0.253 e. The molecule has 0 aliphatic rings. The number of thioether (sulfide) groups is 1. The van der Waals surface area contributed by atoms with E-state index in [0.29, 0.717) is 10.9 Å². The van der Waals surface area contributed by atoms with Gasteiger partial charge in [0.1, 0.15) is 0 Å². The summed E-state index contributed by atoms with van der Waals surface area (Å²) in [4.78, 5) is 34.9. The SMILES string of the molecule is Cc1cc(C)n2nc(SCC(=O)N(C)CC(=O)Nc3c(C)cccc3C)nc2n1. The number of nitrogens with zero attached hydrogens (tertiary/aromatic N) is 5. The minimum Gasteiger partial charge on any atom is -0.336 e. The Morgan fingerprint density at radius 1 is 1.14 bits per heavy atom. The number of carbonyl (C=O) groups is 2. The lowest BCUT2D eigenvalue weighted by molar-refractivity contribution is -0.131. The molecule has 0 atom stereocenters. The second-order valence-electron chi connectivity index (χ2n) is 7.00. The predicted octanol–water partition coefficient (Wildman–Crippen LogP) is 2.55. The summed E-state index contributed by atoms with van der Waals surface area (Å²) in [6.45, 7) is 7.68. The Hall–Kier alpha value is -2.94. The van der Waals surface area contributed by atoms with Crippen molar-refractivity contribution in [3.8, 4) is 0 Å². The number of para-hydroxylation sites is 1.